The highest BCUT2D eigenvalue weighted by Crippen LogP contribution is 2.26. The molecule has 1 atom stereocenters. The fraction of sp³-hybridized carbons (Fsp3) is 0.333. The molecule has 1 aromatic carbocycles. The summed E-state index contributed by atoms with van der Waals surface area (Å²) in [6.45, 7) is 0.673. The van der Waals surface area contributed by atoms with Gasteiger partial charge in [-0.1, -0.05) is 11.6 Å². The molecular weight excluding hydrogens is 240 g/mol. The normalized spacial score (nSPS) is 19.2. The van der Waals surface area contributed by atoms with E-state index in [9.17, 15) is 4.79 Å². The summed E-state index contributed by atoms with van der Waals surface area (Å²) in [4.78, 5) is 13.3. The van der Waals surface area contributed by atoms with Crippen LogP contribution in [-0.2, 0) is 4.79 Å². The highest BCUT2D eigenvalue weighted by Gasteiger charge is 2.31. The summed E-state index contributed by atoms with van der Waals surface area (Å²) in [5, 5.41) is 9.42. The van der Waals surface area contributed by atoms with Crippen LogP contribution in [0.4, 0.5) is 0 Å². The molecule has 88 valence electrons. The van der Waals surface area contributed by atoms with Crippen molar-refractivity contribution in [1.82, 2.24) is 4.90 Å². The van der Waals surface area contributed by atoms with Crippen LogP contribution in [0.2, 0.25) is 5.02 Å². The topological polar surface area (TPSA) is 53.3 Å². The maximum Gasteiger partial charge on any atom is 0.263 e. The number of halogens is 1. The van der Waals surface area contributed by atoms with Crippen LogP contribution in [0.15, 0.2) is 18.2 Å². The zero-order valence-corrected chi connectivity index (χ0v) is 10.1. The van der Waals surface area contributed by atoms with Gasteiger partial charge in [0.25, 0.3) is 5.91 Å². The number of nitrogens with zero attached hydrogens (tertiary/aromatic N) is 2. The summed E-state index contributed by atoms with van der Waals surface area (Å²) >= 11 is 5.84. The highest BCUT2D eigenvalue weighted by atomic mass is 35.5. The van der Waals surface area contributed by atoms with Crippen molar-refractivity contribution < 1.29 is 9.53 Å². The van der Waals surface area contributed by atoms with E-state index in [1.54, 1.807) is 30.1 Å². The number of nitriles is 1. The van der Waals surface area contributed by atoms with E-state index in [1.165, 1.54) is 0 Å². The van der Waals surface area contributed by atoms with E-state index in [2.05, 4.69) is 0 Å². The quantitative estimate of drug-likeness (QED) is 0.805. The molecule has 1 heterocycles. The van der Waals surface area contributed by atoms with Gasteiger partial charge in [0.05, 0.1) is 5.56 Å². The third kappa shape index (κ3) is 2.34. The lowest BCUT2D eigenvalue weighted by molar-refractivity contribution is -0.132. The fourth-order valence-electron chi connectivity index (χ4n) is 1.74. The minimum atomic E-state index is -0.509. The van der Waals surface area contributed by atoms with Crippen LogP contribution in [-0.4, -0.2) is 30.5 Å². The number of hydrogen-bond donors (Lipinski definition) is 0. The summed E-state index contributed by atoms with van der Waals surface area (Å²) in [6.07, 6.45) is 0.123. The number of carbonyl (C=O) groups is 1. The highest BCUT2D eigenvalue weighted by molar-refractivity contribution is 6.30. The number of benzene rings is 1. The van der Waals surface area contributed by atoms with Gasteiger partial charge in [0.2, 0.25) is 0 Å². The number of carbonyl (C=O) groups excluding carboxylic acids is 1. The molecule has 17 heavy (non-hydrogen) atoms. The first-order valence-electron chi connectivity index (χ1n) is 5.23. The van der Waals surface area contributed by atoms with Crippen LogP contribution in [0.5, 0.6) is 5.75 Å². The van der Waals surface area contributed by atoms with Crippen molar-refractivity contribution in [3.8, 4) is 11.8 Å². The molecule has 1 aliphatic rings. The molecule has 1 saturated heterocycles. The van der Waals surface area contributed by atoms with Gasteiger partial charge in [-0.25, -0.2) is 0 Å². The first-order valence-corrected chi connectivity index (χ1v) is 5.61. The predicted octanol–water partition coefficient (Wildman–Crippen LogP) is 1.82. The Morgan fingerprint density at radius 3 is 2.94 bits per heavy atom. The van der Waals surface area contributed by atoms with Gasteiger partial charge in [0.1, 0.15) is 11.8 Å². The third-order valence-electron chi connectivity index (χ3n) is 2.71. The van der Waals surface area contributed by atoms with Gasteiger partial charge in [-0.2, -0.15) is 5.26 Å². The van der Waals surface area contributed by atoms with Crippen molar-refractivity contribution in [3.05, 3.63) is 28.8 Å². The van der Waals surface area contributed by atoms with E-state index < -0.39 is 6.10 Å². The summed E-state index contributed by atoms with van der Waals surface area (Å²) < 4.78 is 5.56. The van der Waals surface area contributed by atoms with Gasteiger partial charge in [-0.15, -0.1) is 0 Å². The van der Waals surface area contributed by atoms with Crippen LogP contribution in [0, 0.1) is 11.3 Å². The van der Waals surface area contributed by atoms with Gasteiger partial charge in [0.15, 0.2) is 6.10 Å². The minimum absolute atomic E-state index is 0.0612. The Hall–Kier alpha value is -1.73. The molecule has 5 heteroatoms. The van der Waals surface area contributed by atoms with E-state index >= 15 is 0 Å². The van der Waals surface area contributed by atoms with Crippen molar-refractivity contribution in [2.45, 2.75) is 12.5 Å². The number of ether oxygens (including phenoxy) is 1. The van der Waals surface area contributed by atoms with Gasteiger partial charge < -0.3 is 9.64 Å². The van der Waals surface area contributed by atoms with Crippen LogP contribution in [0.1, 0.15) is 12.0 Å². The Balaban J connectivity index is 2.22. The van der Waals surface area contributed by atoms with Crippen molar-refractivity contribution in [1.29, 1.82) is 5.26 Å². The zero-order valence-electron chi connectivity index (χ0n) is 9.31. The lowest BCUT2D eigenvalue weighted by atomic mass is 10.2. The van der Waals surface area contributed by atoms with Gasteiger partial charge in [0, 0.05) is 31.1 Å². The molecule has 0 radical (unpaired) electrons. The lowest BCUT2D eigenvalue weighted by Gasteiger charge is -2.14. The number of rotatable bonds is 2. The Morgan fingerprint density at radius 1 is 1.59 bits per heavy atom. The minimum Gasteiger partial charge on any atom is -0.479 e. The molecule has 0 aliphatic carbocycles. The van der Waals surface area contributed by atoms with Crippen molar-refractivity contribution >= 4 is 17.5 Å². The Labute approximate surface area is 104 Å². The molecule has 2 rings (SSSR count). The van der Waals surface area contributed by atoms with Crippen molar-refractivity contribution in [2.75, 3.05) is 13.6 Å². The molecule has 1 aliphatic heterocycles. The largest absolute Gasteiger partial charge is 0.479 e. The SMILES string of the molecule is CN1CCC(Oc2cc(Cl)ccc2C#N)C1=O. The lowest BCUT2D eigenvalue weighted by Crippen LogP contribution is -2.29. The van der Waals surface area contributed by atoms with Gasteiger partial charge in [-0.3, -0.25) is 4.79 Å². The molecule has 1 aromatic rings. The standard InChI is InChI=1S/C12H11ClN2O2/c1-15-5-4-10(12(15)16)17-11-6-9(13)3-2-8(11)7-14/h2-3,6,10H,4-5H2,1H3. The molecule has 0 saturated carbocycles. The Kier molecular flexibility index (Phi) is 3.21. The van der Waals surface area contributed by atoms with Crippen LogP contribution >= 0.6 is 11.6 Å². The monoisotopic (exact) mass is 250 g/mol. The Bertz CT molecular complexity index is 496. The van der Waals surface area contributed by atoms with E-state index in [-0.39, 0.29) is 5.91 Å². The molecule has 4 nitrogen and oxygen atoms in total. The van der Waals surface area contributed by atoms with Crippen LogP contribution in [0.25, 0.3) is 0 Å². The van der Waals surface area contributed by atoms with E-state index in [1.807, 2.05) is 6.07 Å². The second kappa shape index (κ2) is 4.64. The van der Waals surface area contributed by atoms with E-state index in [0.717, 1.165) is 0 Å². The third-order valence-corrected chi connectivity index (χ3v) is 2.95. The maximum absolute atomic E-state index is 11.7. The van der Waals surface area contributed by atoms with Gasteiger partial charge >= 0.3 is 0 Å². The number of hydrogen-bond acceptors (Lipinski definition) is 3. The van der Waals surface area contributed by atoms with E-state index in [0.29, 0.717) is 29.3 Å². The number of likely N-dealkylation sites (N-methyl/N-ethyl adjacent to an activating group) is 1. The zero-order chi connectivity index (χ0) is 12.4. The fourth-order valence-corrected chi connectivity index (χ4v) is 1.90. The summed E-state index contributed by atoms with van der Waals surface area (Å²) in [5.74, 6) is 0.308. The predicted molar refractivity (Wildman–Crippen MR) is 62.8 cm³/mol. The maximum atomic E-state index is 11.7. The average molecular weight is 251 g/mol. The second-order valence-corrected chi connectivity index (χ2v) is 4.34. The first kappa shape index (κ1) is 11.7. The number of amides is 1. The van der Waals surface area contributed by atoms with Crippen LogP contribution in [0.3, 0.4) is 0 Å². The molecule has 0 aromatic heterocycles. The summed E-state index contributed by atoms with van der Waals surface area (Å²) in [7, 11) is 1.73. The van der Waals surface area contributed by atoms with Crippen LogP contribution < -0.4 is 4.74 Å². The molecule has 1 unspecified atom stereocenters. The molecule has 1 amide bonds. The van der Waals surface area contributed by atoms with Crippen molar-refractivity contribution in [2.24, 2.45) is 0 Å². The summed E-state index contributed by atoms with van der Waals surface area (Å²) in [6, 6.07) is 6.78. The Morgan fingerprint density at radius 2 is 2.35 bits per heavy atom. The summed E-state index contributed by atoms with van der Waals surface area (Å²) in [5.41, 5.74) is 0.386. The van der Waals surface area contributed by atoms with Gasteiger partial charge in [-0.05, 0) is 12.1 Å². The molecular formula is C12H11ClN2O2. The molecule has 0 spiro atoms. The molecule has 0 N–H and O–H groups in total. The smallest absolute Gasteiger partial charge is 0.263 e. The second-order valence-electron chi connectivity index (χ2n) is 3.91. The van der Waals surface area contributed by atoms with Crippen molar-refractivity contribution in [3.63, 3.8) is 0 Å². The molecule has 1 fully saturated rings. The number of likely N-dealkylation sites (tertiary alicyclic amines) is 1. The average Bonchev–Trinajstić information content (AvgIpc) is 2.61. The molecule has 0 bridgehead atoms. The first-order chi connectivity index (χ1) is 8.11. The van der Waals surface area contributed by atoms with E-state index in [4.69, 9.17) is 21.6 Å².